The number of benzene rings is 1. The van der Waals surface area contributed by atoms with Gasteiger partial charge in [0.25, 0.3) is 0 Å². The Morgan fingerprint density at radius 2 is 1.94 bits per heavy atom. The standard InChI is InChI=1S/C13H13NO3/c1-9(16)14-11-4-2-10(3-5-11)13-7-6-12(8-15)17-13/h2-7,15H,8H2,1H3,(H,14,16). The topological polar surface area (TPSA) is 62.5 Å². The van der Waals surface area contributed by atoms with Gasteiger partial charge in [0.15, 0.2) is 0 Å². The second-order valence-corrected chi connectivity index (χ2v) is 3.68. The first kappa shape index (κ1) is 11.4. The van der Waals surface area contributed by atoms with E-state index < -0.39 is 0 Å². The number of rotatable bonds is 3. The van der Waals surface area contributed by atoms with Crippen molar-refractivity contribution in [2.75, 3.05) is 5.32 Å². The molecule has 2 N–H and O–H groups in total. The number of aliphatic hydroxyl groups excluding tert-OH is 1. The van der Waals surface area contributed by atoms with Crippen LogP contribution in [0.25, 0.3) is 11.3 Å². The first-order valence-corrected chi connectivity index (χ1v) is 5.26. The molecule has 0 spiro atoms. The zero-order valence-electron chi connectivity index (χ0n) is 9.43. The smallest absolute Gasteiger partial charge is 0.221 e. The van der Waals surface area contributed by atoms with Gasteiger partial charge in [0.2, 0.25) is 5.91 Å². The van der Waals surface area contributed by atoms with Gasteiger partial charge in [0.1, 0.15) is 18.1 Å². The third-order valence-corrected chi connectivity index (χ3v) is 2.31. The molecule has 1 heterocycles. The van der Waals surface area contributed by atoms with Gasteiger partial charge in [-0.15, -0.1) is 0 Å². The van der Waals surface area contributed by atoms with E-state index in [0.29, 0.717) is 11.5 Å². The lowest BCUT2D eigenvalue weighted by Gasteiger charge is -2.02. The second kappa shape index (κ2) is 4.84. The van der Waals surface area contributed by atoms with Gasteiger partial charge in [-0.25, -0.2) is 0 Å². The van der Waals surface area contributed by atoms with Crippen LogP contribution in [0.4, 0.5) is 5.69 Å². The number of hydrogen-bond donors (Lipinski definition) is 2. The minimum atomic E-state index is -0.107. The van der Waals surface area contributed by atoms with Crippen LogP contribution in [0.2, 0.25) is 0 Å². The summed E-state index contributed by atoms with van der Waals surface area (Å²) in [5, 5.41) is 11.6. The van der Waals surface area contributed by atoms with E-state index in [1.807, 2.05) is 12.1 Å². The lowest BCUT2D eigenvalue weighted by molar-refractivity contribution is -0.114. The van der Waals surface area contributed by atoms with Gasteiger partial charge in [-0.2, -0.15) is 0 Å². The van der Waals surface area contributed by atoms with E-state index in [2.05, 4.69) is 5.32 Å². The van der Waals surface area contributed by atoms with Crippen molar-refractivity contribution in [2.45, 2.75) is 13.5 Å². The maximum atomic E-state index is 10.9. The van der Waals surface area contributed by atoms with E-state index in [0.717, 1.165) is 11.3 Å². The summed E-state index contributed by atoms with van der Waals surface area (Å²) in [4.78, 5) is 10.9. The van der Waals surface area contributed by atoms with E-state index in [4.69, 9.17) is 9.52 Å². The fourth-order valence-electron chi connectivity index (χ4n) is 1.54. The molecule has 0 fully saturated rings. The van der Waals surface area contributed by atoms with Crippen LogP contribution in [-0.4, -0.2) is 11.0 Å². The van der Waals surface area contributed by atoms with E-state index >= 15 is 0 Å². The highest BCUT2D eigenvalue weighted by molar-refractivity contribution is 5.88. The molecule has 2 rings (SSSR count). The molecular weight excluding hydrogens is 218 g/mol. The zero-order chi connectivity index (χ0) is 12.3. The molecule has 2 aromatic rings. The molecule has 4 nitrogen and oxygen atoms in total. The minimum absolute atomic E-state index is 0.0988. The number of nitrogens with one attached hydrogen (secondary N) is 1. The molecule has 0 bridgehead atoms. The van der Waals surface area contributed by atoms with Crippen LogP contribution in [0.5, 0.6) is 0 Å². The molecule has 1 aromatic carbocycles. The van der Waals surface area contributed by atoms with Crippen molar-refractivity contribution in [3.8, 4) is 11.3 Å². The Kier molecular flexibility index (Phi) is 3.25. The molecule has 0 aliphatic heterocycles. The van der Waals surface area contributed by atoms with E-state index in [1.54, 1.807) is 24.3 Å². The first-order chi connectivity index (χ1) is 8.19. The van der Waals surface area contributed by atoms with Crippen molar-refractivity contribution >= 4 is 11.6 Å². The molecule has 4 heteroatoms. The molecule has 0 aliphatic carbocycles. The highest BCUT2D eigenvalue weighted by atomic mass is 16.4. The molecule has 17 heavy (non-hydrogen) atoms. The van der Waals surface area contributed by atoms with Crippen molar-refractivity contribution in [3.63, 3.8) is 0 Å². The Hall–Kier alpha value is -2.07. The van der Waals surface area contributed by atoms with Gasteiger partial charge >= 0.3 is 0 Å². The Bertz CT molecular complexity index is 514. The Morgan fingerprint density at radius 1 is 1.24 bits per heavy atom. The maximum Gasteiger partial charge on any atom is 0.221 e. The third-order valence-electron chi connectivity index (χ3n) is 2.31. The highest BCUT2D eigenvalue weighted by Crippen LogP contribution is 2.23. The largest absolute Gasteiger partial charge is 0.459 e. The molecular formula is C13H13NO3. The van der Waals surface area contributed by atoms with Crippen LogP contribution in [0, 0.1) is 0 Å². The van der Waals surface area contributed by atoms with E-state index in [1.165, 1.54) is 6.92 Å². The first-order valence-electron chi connectivity index (χ1n) is 5.26. The number of furan rings is 1. The summed E-state index contributed by atoms with van der Waals surface area (Å²) in [6.07, 6.45) is 0. The molecule has 1 amide bonds. The summed E-state index contributed by atoms with van der Waals surface area (Å²) in [6.45, 7) is 1.36. The van der Waals surface area contributed by atoms with Gasteiger partial charge < -0.3 is 14.8 Å². The Labute approximate surface area is 98.9 Å². The Balaban J connectivity index is 2.19. The van der Waals surface area contributed by atoms with E-state index in [-0.39, 0.29) is 12.5 Å². The van der Waals surface area contributed by atoms with Crippen LogP contribution in [0.1, 0.15) is 12.7 Å². The van der Waals surface area contributed by atoms with Crippen LogP contribution in [0.3, 0.4) is 0 Å². The summed E-state index contributed by atoms with van der Waals surface area (Å²) < 4.78 is 5.40. The normalized spacial score (nSPS) is 10.2. The van der Waals surface area contributed by atoms with Gasteiger partial charge in [-0.05, 0) is 36.4 Å². The summed E-state index contributed by atoms with van der Waals surface area (Å²) in [6, 6.07) is 10.8. The molecule has 0 aliphatic rings. The average molecular weight is 231 g/mol. The highest BCUT2D eigenvalue weighted by Gasteiger charge is 2.04. The summed E-state index contributed by atoms with van der Waals surface area (Å²) in [5.74, 6) is 1.13. The number of amides is 1. The van der Waals surface area contributed by atoms with E-state index in [9.17, 15) is 4.79 Å². The molecule has 88 valence electrons. The summed E-state index contributed by atoms with van der Waals surface area (Å²) in [5.41, 5.74) is 1.65. The zero-order valence-corrected chi connectivity index (χ0v) is 9.43. The van der Waals surface area contributed by atoms with Crippen LogP contribution in [0.15, 0.2) is 40.8 Å². The predicted octanol–water partition coefficient (Wildman–Crippen LogP) is 2.40. The lowest BCUT2D eigenvalue weighted by Crippen LogP contribution is -2.05. The SMILES string of the molecule is CC(=O)Nc1ccc(-c2ccc(CO)o2)cc1. The molecule has 1 aromatic heterocycles. The number of carbonyl (C=O) groups excluding carboxylic acids is 1. The van der Waals surface area contributed by atoms with Crippen molar-refractivity contribution < 1.29 is 14.3 Å². The minimum Gasteiger partial charge on any atom is -0.459 e. The van der Waals surface area contributed by atoms with Crippen LogP contribution >= 0.6 is 0 Å². The van der Waals surface area contributed by atoms with Gasteiger partial charge in [0, 0.05) is 18.2 Å². The number of hydrogen-bond acceptors (Lipinski definition) is 3. The fraction of sp³-hybridized carbons (Fsp3) is 0.154. The maximum absolute atomic E-state index is 10.9. The predicted molar refractivity (Wildman–Crippen MR) is 64.4 cm³/mol. The molecule has 0 atom stereocenters. The lowest BCUT2D eigenvalue weighted by atomic mass is 10.1. The molecule has 0 saturated carbocycles. The number of carbonyl (C=O) groups is 1. The van der Waals surface area contributed by atoms with Crippen molar-refractivity contribution in [1.82, 2.24) is 0 Å². The second-order valence-electron chi connectivity index (χ2n) is 3.68. The molecule has 0 saturated heterocycles. The number of aliphatic hydroxyl groups is 1. The van der Waals surface area contributed by atoms with Gasteiger partial charge in [-0.3, -0.25) is 4.79 Å². The Morgan fingerprint density at radius 3 is 2.47 bits per heavy atom. The summed E-state index contributed by atoms with van der Waals surface area (Å²) in [7, 11) is 0. The molecule has 0 radical (unpaired) electrons. The third kappa shape index (κ3) is 2.73. The van der Waals surface area contributed by atoms with Crippen molar-refractivity contribution in [1.29, 1.82) is 0 Å². The molecule has 0 unspecified atom stereocenters. The fourth-order valence-corrected chi connectivity index (χ4v) is 1.54. The monoisotopic (exact) mass is 231 g/mol. The average Bonchev–Trinajstić information content (AvgIpc) is 2.78. The van der Waals surface area contributed by atoms with Crippen molar-refractivity contribution in [2.24, 2.45) is 0 Å². The number of anilines is 1. The summed E-state index contributed by atoms with van der Waals surface area (Å²) >= 11 is 0. The van der Waals surface area contributed by atoms with Crippen molar-refractivity contribution in [3.05, 3.63) is 42.2 Å². The van der Waals surface area contributed by atoms with Crippen LogP contribution in [-0.2, 0) is 11.4 Å². The quantitative estimate of drug-likeness (QED) is 0.852. The van der Waals surface area contributed by atoms with Gasteiger partial charge in [0.05, 0.1) is 0 Å². The van der Waals surface area contributed by atoms with Gasteiger partial charge in [-0.1, -0.05) is 0 Å². The van der Waals surface area contributed by atoms with Crippen LogP contribution < -0.4 is 5.32 Å².